The van der Waals surface area contributed by atoms with Gasteiger partial charge < -0.3 is 5.32 Å². The van der Waals surface area contributed by atoms with Crippen LogP contribution in [0.15, 0.2) is 17.0 Å². The summed E-state index contributed by atoms with van der Waals surface area (Å²) >= 11 is 0. The molecule has 0 fully saturated rings. The lowest BCUT2D eigenvalue weighted by molar-refractivity contribution is 0.0915. The first-order valence-corrected chi connectivity index (χ1v) is 7.80. The molecule has 0 aromatic heterocycles. The van der Waals surface area contributed by atoms with Gasteiger partial charge in [0.05, 0.1) is 10.5 Å². The zero-order valence-electron chi connectivity index (χ0n) is 11.0. The predicted octanol–water partition coefficient (Wildman–Crippen LogP) is 2.59. The summed E-state index contributed by atoms with van der Waals surface area (Å²) in [6.07, 6.45) is 0. The van der Waals surface area contributed by atoms with Gasteiger partial charge in [0.1, 0.15) is 5.82 Å². The molecule has 7 heteroatoms. The van der Waals surface area contributed by atoms with Crippen LogP contribution in [-0.4, -0.2) is 19.9 Å². The van der Waals surface area contributed by atoms with Gasteiger partial charge in [-0.15, -0.1) is 0 Å². The van der Waals surface area contributed by atoms with Crippen LogP contribution in [0.3, 0.4) is 0 Å². The van der Waals surface area contributed by atoms with Crippen molar-refractivity contribution in [2.75, 3.05) is 0 Å². The van der Waals surface area contributed by atoms with Crippen LogP contribution in [0.4, 0.5) is 4.39 Å². The van der Waals surface area contributed by atoms with Crippen molar-refractivity contribution in [2.45, 2.75) is 38.1 Å². The molecule has 106 valence electrons. The van der Waals surface area contributed by atoms with Crippen LogP contribution in [-0.2, 0) is 9.05 Å². The van der Waals surface area contributed by atoms with Crippen LogP contribution in [0.1, 0.15) is 36.7 Å². The van der Waals surface area contributed by atoms with Gasteiger partial charge >= 0.3 is 0 Å². The van der Waals surface area contributed by atoms with Crippen molar-refractivity contribution in [3.8, 4) is 0 Å². The van der Waals surface area contributed by atoms with Gasteiger partial charge in [-0.25, -0.2) is 12.8 Å². The normalized spacial score (nSPS) is 12.3. The highest BCUT2D eigenvalue weighted by Gasteiger charge is 2.22. The summed E-state index contributed by atoms with van der Waals surface area (Å²) in [6, 6.07) is 2.03. The van der Waals surface area contributed by atoms with E-state index in [0.29, 0.717) is 0 Å². The number of aryl methyl sites for hydroxylation is 1. The number of amides is 1. The third kappa shape index (κ3) is 4.18. The molecule has 0 spiro atoms. The zero-order valence-corrected chi connectivity index (χ0v) is 12.6. The van der Waals surface area contributed by atoms with Crippen molar-refractivity contribution in [1.82, 2.24) is 5.32 Å². The maximum atomic E-state index is 13.9. The topological polar surface area (TPSA) is 63.2 Å². The van der Waals surface area contributed by atoms with Crippen LogP contribution in [0.5, 0.6) is 0 Å². The van der Waals surface area contributed by atoms with Gasteiger partial charge in [-0.2, -0.15) is 0 Å². The van der Waals surface area contributed by atoms with Gasteiger partial charge in [-0.3, -0.25) is 4.79 Å². The fourth-order valence-corrected chi connectivity index (χ4v) is 2.29. The number of rotatable bonds is 2. The van der Waals surface area contributed by atoms with Crippen LogP contribution in [0.2, 0.25) is 0 Å². The Morgan fingerprint density at radius 3 is 2.26 bits per heavy atom. The molecule has 0 aliphatic carbocycles. The van der Waals surface area contributed by atoms with E-state index in [-0.39, 0.29) is 16.0 Å². The number of carbonyl (C=O) groups excluding carboxylic acids is 1. The summed E-state index contributed by atoms with van der Waals surface area (Å²) < 4.78 is 36.4. The number of hydrogen-bond acceptors (Lipinski definition) is 3. The Kier molecular flexibility index (Phi) is 4.27. The SMILES string of the molecule is Cc1cc(S(=O)(=O)Cl)cc(C(=O)NC(C)(C)C)c1F. The molecule has 1 aromatic rings. The molecule has 0 atom stereocenters. The third-order valence-electron chi connectivity index (χ3n) is 2.24. The van der Waals surface area contributed by atoms with Crippen molar-refractivity contribution in [3.63, 3.8) is 0 Å². The lowest BCUT2D eigenvalue weighted by atomic mass is 10.1. The Morgan fingerprint density at radius 1 is 1.32 bits per heavy atom. The lowest BCUT2D eigenvalue weighted by Crippen LogP contribution is -2.41. The molecular weight excluding hydrogens is 293 g/mol. The Hall–Kier alpha value is -1.14. The van der Waals surface area contributed by atoms with Crippen molar-refractivity contribution >= 4 is 25.6 Å². The molecular formula is C12H15ClFNO3S. The molecule has 1 rings (SSSR count). The average molecular weight is 308 g/mol. The first-order valence-electron chi connectivity index (χ1n) is 5.49. The van der Waals surface area contributed by atoms with Gasteiger partial charge in [0.25, 0.3) is 15.0 Å². The summed E-state index contributed by atoms with van der Waals surface area (Å²) in [6.45, 7) is 6.57. The van der Waals surface area contributed by atoms with Crippen LogP contribution >= 0.6 is 10.7 Å². The number of benzene rings is 1. The molecule has 0 saturated heterocycles. The highest BCUT2D eigenvalue weighted by atomic mass is 35.7. The summed E-state index contributed by atoms with van der Waals surface area (Å²) in [5.74, 6) is -1.44. The average Bonchev–Trinajstić information content (AvgIpc) is 2.17. The van der Waals surface area contributed by atoms with E-state index in [1.54, 1.807) is 20.8 Å². The van der Waals surface area contributed by atoms with E-state index in [1.807, 2.05) is 0 Å². The van der Waals surface area contributed by atoms with Gasteiger partial charge in [0.2, 0.25) is 0 Å². The van der Waals surface area contributed by atoms with Crippen molar-refractivity contribution < 1.29 is 17.6 Å². The van der Waals surface area contributed by atoms with E-state index in [4.69, 9.17) is 10.7 Å². The smallest absolute Gasteiger partial charge is 0.261 e. The highest BCUT2D eigenvalue weighted by molar-refractivity contribution is 8.13. The van der Waals surface area contributed by atoms with E-state index in [9.17, 15) is 17.6 Å². The second-order valence-electron chi connectivity index (χ2n) is 5.24. The predicted molar refractivity (Wildman–Crippen MR) is 71.4 cm³/mol. The molecule has 1 aromatic carbocycles. The Bertz CT molecular complexity index is 621. The molecule has 0 radical (unpaired) electrons. The number of nitrogens with one attached hydrogen (secondary N) is 1. The fourth-order valence-electron chi connectivity index (χ4n) is 1.45. The summed E-state index contributed by atoms with van der Waals surface area (Å²) in [5.41, 5.74) is -0.859. The number of carbonyl (C=O) groups is 1. The summed E-state index contributed by atoms with van der Waals surface area (Å²) in [5, 5.41) is 2.57. The first kappa shape index (κ1) is 15.9. The molecule has 0 heterocycles. The Balaban J connectivity index is 3.36. The zero-order chi connectivity index (χ0) is 15.0. The van der Waals surface area contributed by atoms with E-state index >= 15 is 0 Å². The van der Waals surface area contributed by atoms with Gasteiger partial charge in [0, 0.05) is 16.2 Å². The van der Waals surface area contributed by atoms with E-state index in [0.717, 1.165) is 12.1 Å². The summed E-state index contributed by atoms with van der Waals surface area (Å²) in [7, 11) is 1.19. The Labute approximate surface area is 116 Å². The molecule has 1 N–H and O–H groups in total. The van der Waals surface area contributed by atoms with Crippen molar-refractivity contribution in [3.05, 3.63) is 29.1 Å². The minimum absolute atomic E-state index is 0.0424. The standard InChI is InChI=1S/C12H15ClFNO3S/c1-7-5-8(19(13,17)18)6-9(10(7)14)11(16)15-12(2,3)4/h5-6H,1-4H3,(H,15,16). The molecule has 0 aliphatic heterocycles. The molecule has 1 amide bonds. The molecule has 0 aliphatic rings. The maximum absolute atomic E-state index is 13.9. The van der Waals surface area contributed by atoms with Gasteiger partial charge in [-0.05, 0) is 45.4 Å². The minimum Gasteiger partial charge on any atom is -0.347 e. The first-order chi connectivity index (χ1) is 8.42. The second kappa shape index (κ2) is 5.09. The van der Waals surface area contributed by atoms with Crippen LogP contribution in [0, 0.1) is 12.7 Å². The molecule has 0 unspecified atom stereocenters. The third-order valence-corrected chi connectivity index (χ3v) is 3.58. The number of hydrogen-bond donors (Lipinski definition) is 1. The lowest BCUT2D eigenvalue weighted by Gasteiger charge is -2.21. The summed E-state index contributed by atoms with van der Waals surface area (Å²) in [4.78, 5) is 11.6. The quantitative estimate of drug-likeness (QED) is 0.854. The van der Waals surface area contributed by atoms with Gasteiger partial charge in [-0.1, -0.05) is 0 Å². The fraction of sp³-hybridized carbons (Fsp3) is 0.417. The molecule has 19 heavy (non-hydrogen) atoms. The molecule has 4 nitrogen and oxygen atoms in total. The van der Waals surface area contributed by atoms with Gasteiger partial charge in [0.15, 0.2) is 0 Å². The van der Waals surface area contributed by atoms with E-state index < -0.39 is 26.3 Å². The van der Waals surface area contributed by atoms with Crippen molar-refractivity contribution in [2.24, 2.45) is 0 Å². The Morgan fingerprint density at radius 2 is 1.84 bits per heavy atom. The monoisotopic (exact) mass is 307 g/mol. The largest absolute Gasteiger partial charge is 0.347 e. The van der Waals surface area contributed by atoms with E-state index in [2.05, 4.69) is 5.32 Å². The van der Waals surface area contributed by atoms with E-state index in [1.165, 1.54) is 6.92 Å². The van der Waals surface area contributed by atoms with Crippen molar-refractivity contribution in [1.29, 1.82) is 0 Å². The number of halogens is 2. The molecule has 0 saturated carbocycles. The molecule has 0 bridgehead atoms. The van der Waals surface area contributed by atoms with Crippen LogP contribution < -0.4 is 5.32 Å². The second-order valence-corrected chi connectivity index (χ2v) is 7.81. The highest BCUT2D eigenvalue weighted by Crippen LogP contribution is 2.22. The van der Waals surface area contributed by atoms with Crippen LogP contribution in [0.25, 0.3) is 0 Å². The maximum Gasteiger partial charge on any atom is 0.261 e. The minimum atomic E-state index is -4.02.